The molecule has 124 valence electrons. The summed E-state index contributed by atoms with van der Waals surface area (Å²) in [5.74, 6) is -0.237. The number of hydrogen-bond acceptors (Lipinski definition) is 4. The number of amides is 1. The topological polar surface area (TPSA) is 56.5 Å². The van der Waals surface area contributed by atoms with Gasteiger partial charge in [-0.05, 0) is 31.4 Å². The van der Waals surface area contributed by atoms with Crippen LogP contribution in [0.5, 0.6) is 0 Å². The van der Waals surface area contributed by atoms with Gasteiger partial charge >= 0.3 is 0 Å². The number of aryl methyl sites for hydroxylation is 1. The van der Waals surface area contributed by atoms with Gasteiger partial charge in [0.2, 0.25) is 0 Å². The average molecular weight is 341 g/mol. The van der Waals surface area contributed by atoms with Gasteiger partial charge < -0.3 is 9.30 Å². The molecule has 6 heteroatoms. The van der Waals surface area contributed by atoms with Crippen molar-refractivity contribution in [3.05, 3.63) is 57.6 Å². The number of aromatic nitrogens is 2. The molecule has 1 amide bonds. The van der Waals surface area contributed by atoms with E-state index in [-0.39, 0.29) is 5.91 Å². The lowest BCUT2D eigenvalue weighted by Gasteiger charge is -2.05. The van der Waals surface area contributed by atoms with E-state index in [9.17, 15) is 4.79 Å². The van der Waals surface area contributed by atoms with Crippen molar-refractivity contribution in [1.82, 2.24) is 9.55 Å². The number of methoxy groups -OCH3 is 1. The third-order valence-electron chi connectivity index (χ3n) is 4.02. The van der Waals surface area contributed by atoms with E-state index in [4.69, 9.17) is 4.74 Å². The number of pyridine rings is 1. The standard InChI is InChI=1S/C18H19N3O2S/c1-12-13(2)24-18(21(12)9-10-23-3)20-17(22)16-6-4-5-14-11-19-8-7-15(14)16/h4-8,11H,9-10H2,1-3H3/b20-18-. The molecular formula is C18H19N3O2S. The molecule has 0 unspecified atom stereocenters. The molecular weight excluding hydrogens is 322 g/mol. The zero-order valence-corrected chi connectivity index (χ0v) is 14.8. The van der Waals surface area contributed by atoms with E-state index in [0.717, 1.165) is 21.3 Å². The fourth-order valence-corrected chi connectivity index (χ4v) is 3.58. The maximum atomic E-state index is 12.7. The molecule has 3 rings (SSSR count). The van der Waals surface area contributed by atoms with Crippen molar-refractivity contribution < 1.29 is 9.53 Å². The van der Waals surface area contributed by atoms with Gasteiger partial charge in [-0.3, -0.25) is 9.78 Å². The van der Waals surface area contributed by atoms with Gasteiger partial charge in [-0.2, -0.15) is 4.99 Å². The SMILES string of the molecule is COCCn1c(C)c(C)s/c1=N\C(=O)c1cccc2cnccc12. The first-order chi connectivity index (χ1) is 11.6. The number of ether oxygens (including phenoxy) is 1. The Morgan fingerprint density at radius 2 is 2.17 bits per heavy atom. The first-order valence-corrected chi connectivity index (χ1v) is 8.51. The van der Waals surface area contributed by atoms with Gasteiger partial charge in [0.1, 0.15) is 0 Å². The molecule has 2 heterocycles. The quantitative estimate of drug-likeness (QED) is 0.733. The second-order valence-electron chi connectivity index (χ2n) is 5.49. The van der Waals surface area contributed by atoms with Crippen molar-refractivity contribution in [2.45, 2.75) is 20.4 Å². The van der Waals surface area contributed by atoms with Gasteiger partial charge in [0.05, 0.1) is 6.61 Å². The molecule has 2 aromatic heterocycles. The average Bonchev–Trinajstić information content (AvgIpc) is 2.86. The molecule has 1 aromatic carbocycles. The van der Waals surface area contributed by atoms with Crippen LogP contribution in [0.25, 0.3) is 10.8 Å². The van der Waals surface area contributed by atoms with Crippen LogP contribution in [0.15, 0.2) is 41.7 Å². The van der Waals surface area contributed by atoms with E-state index in [1.165, 1.54) is 11.3 Å². The summed E-state index contributed by atoms with van der Waals surface area (Å²) >= 11 is 1.53. The fraction of sp³-hybridized carbons (Fsp3) is 0.278. The van der Waals surface area contributed by atoms with E-state index < -0.39 is 0 Å². The highest BCUT2D eigenvalue weighted by molar-refractivity contribution is 7.09. The van der Waals surface area contributed by atoms with Crippen LogP contribution >= 0.6 is 11.3 Å². The van der Waals surface area contributed by atoms with Crippen LogP contribution in [0, 0.1) is 13.8 Å². The van der Waals surface area contributed by atoms with E-state index in [2.05, 4.69) is 9.98 Å². The number of nitrogens with zero attached hydrogens (tertiary/aromatic N) is 3. The second-order valence-corrected chi connectivity index (χ2v) is 6.67. The van der Waals surface area contributed by atoms with Crippen molar-refractivity contribution in [3.63, 3.8) is 0 Å². The minimum absolute atomic E-state index is 0.237. The molecule has 0 atom stereocenters. The predicted octanol–water partition coefficient (Wildman–Crippen LogP) is 3.10. The number of fused-ring (bicyclic) bond motifs is 1. The Kier molecular flexibility index (Phi) is 4.87. The fourth-order valence-electron chi connectivity index (χ4n) is 2.58. The van der Waals surface area contributed by atoms with Crippen molar-refractivity contribution in [1.29, 1.82) is 0 Å². The van der Waals surface area contributed by atoms with E-state index in [0.29, 0.717) is 23.5 Å². The zero-order valence-electron chi connectivity index (χ0n) is 13.9. The Morgan fingerprint density at radius 1 is 1.33 bits per heavy atom. The van der Waals surface area contributed by atoms with Crippen molar-refractivity contribution in [2.75, 3.05) is 13.7 Å². The Hall–Kier alpha value is -2.31. The number of thiazole rings is 1. The van der Waals surface area contributed by atoms with Crippen LogP contribution in [0.2, 0.25) is 0 Å². The Balaban J connectivity index is 2.08. The van der Waals surface area contributed by atoms with Gasteiger partial charge in [0.15, 0.2) is 4.80 Å². The minimum Gasteiger partial charge on any atom is -0.383 e. The molecule has 0 aliphatic rings. The number of rotatable bonds is 4. The number of carbonyl (C=O) groups is 1. The van der Waals surface area contributed by atoms with Crippen LogP contribution < -0.4 is 4.80 Å². The summed E-state index contributed by atoms with van der Waals surface area (Å²) in [6, 6.07) is 7.46. The lowest BCUT2D eigenvalue weighted by atomic mass is 10.1. The van der Waals surface area contributed by atoms with Gasteiger partial charge in [0, 0.05) is 47.6 Å². The number of carbonyl (C=O) groups excluding carboxylic acids is 1. The van der Waals surface area contributed by atoms with Crippen LogP contribution in [0.1, 0.15) is 20.9 Å². The van der Waals surface area contributed by atoms with Crippen LogP contribution in [0.3, 0.4) is 0 Å². The van der Waals surface area contributed by atoms with Crippen molar-refractivity contribution >= 4 is 28.0 Å². The highest BCUT2D eigenvalue weighted by atomic mass is 32.1. The normalized spacial score (nSPS) is 12.0. The molecule has 3 aromatic rings. The summed E-state index contributed by atoms with van der Waals surface area (Å²) in [6.07, 6.45) is 3.45. The van der Waals surface area contributed by atoms with E-state index >= 15 is 0 Å². The van der Waals surface area contributed by atoms with Gasteiger partial charge in [-0.25, -0.2) is 0 Å². The van der Waals surface area contributed by atoms with Gasteiger partial charge in [-0.15, -0.1) is 11.3 Å². The molecule has 0 saturated carbocycles. The summed E-state index contributed by atoms with van der Waals surface area (Å²) in [6.45, 7) is 5.33. The summed E-state index contributed by atoms with van der Waals surface area (Å²) in [7, 11) is 1.67. The van der Waals surface area contributed by atoms with Crippen molar-refractivity contribution in [3.8, 4) is 0 Å². The minimum atomic E-state index is -0.237. The first kappa shape index (κ1) is 16.5. The second kappa shape index (κ2) is 7.07. The molecule has 0 bridgehead atoms. The zero-order chi connectivity index (χ0) is 17.1. The molecule has 5 nitrogen and oxygen atoms in total. The molecule has 0 aliphatic heterocycles. The lowest BCUT2D eigenvalue weighted by molar-refractivity contribution is 0.0998. The summed E-state index contributed by atoms with van der Waals surface area (Å²) < 4.78 is 7.20. The summed E-state index contributed by atoms with van der Waals surface area (Å²) in [5.41, 5.74) is 1.71. The number of benzene rings is 1. The Morgan fingerprint density at radius 3 is 2.96 bits per heavy atom. The van der Waals surface area contributed by atoms with Crippen LogP contribution in [0.4, 0.5) is 0 Å². The van der Waals surface area contributed by atoms with Gasteiger partial charge in [0.25, 0.3) is 5.91 Å². The molecule has 0 spiro atoms. The first-order valence-electron chi connectivity index (χ1n) is 7.69. The maximum Gasteiger partial charge on any atom is 0.280 e. The highest BCUT2D eigenvalue weighted by Gasteiger charge is 2.11. The highest BCUT2D eigenvalue weighted by Crippen LogP contribution is 2.18. The number of hydrogen-bond donors (Lipinski definition) is 0. The molecule has 0 fully saturated rings. The summed E-state index contributed by atoms with van der Waals surface area (Å²) in [4.78, 5) is 23.1. The Labute approximate surface area is 144 Å². The molecule has 0 saturated heterocycles. The third-order valence-corrected chi connectivity index (χ3v) is 5.11. The van der Waals surface area contributed by atoms with Crippen LogP contribution in [-0.4, -0.2) is 29.2 Å². The molecule has 0 aliphatic carbocycles. The van der Waals surface area contributed by atoms with E-state index in [1.807, 2.05) is 36.6 Å². The Bertz CT molecular complexity index is 951. The molecule has 0 N–H and O–H groups in total. The lowest BCUT2D eigenvalue weighted by Crippen LogP contribution is -2.20. The maximum absolute atomic E-state index is 12.7. The predicted molar refractivity (Wildman–Crippen MR) is 95.3 cm³/mol. The van der Waals surface area contributed by atoms with Crippen LogP contribution in [-0.2, 0) is 11.3 Å². The molecule has 0 radical (unpaired) electrons. The van der Waals surface area contributed by atoms with E-state index in [1.54, 1.807) is 25.6 Å². The largest absolute Gasteiger partial charge is 0.383 e. The smallest absolute Gasteiger partial charge is 0.280 e. The van der Waals surface area contributed by atoms with Crippen molar-refractivity contribution in [2.24, 2.45) is 4.99 Å². The summed E-state index contributed by atoms with van der Waals surface area (Å²) in [5, 5.41) is 1.80. The third kappa shape index (κ3) is 3.16. The van der Waals surface area contributed by atoms with Gasteiger partial charge in [-0.1, -0.05) is 12.1 Å². The monoisotopic (exact) mass is 341 g/mol. The molecule has 24 heavy (non-hydrogen) atoms.